The normalized spacial score (nSPS) is 36.7. The number of alkyl carbamates (subject to hydrolysis) is 2. The minimum absolute atomic E-state index is 0.00645. The molecule has 5 saturated heterocycles. The van der Waals surface area contributed by atoms with Crippen LogP contribution in [-0.4, -0.2) is 173 Å². The Kier molecular flexibility index (Phi) is 16.1. The van der Waals surface area contributed by atoms with Crippen LogP contribution in [0, 0.1) is 11.3 Å². The SMILES string of the molecule is CC1C[C@@H]2OC(O[C@H]3OC(CO)[C@@H](NCCCC(=N)N)[C@H](O)C3O)C3C(OC(=O)N3C)C2O[C@@H]1O[C@@H]1C(NC(=O)OCc2ccccc2)O[C@@H](NC(=O)OCc2ccccc2)C(O)[C@H]1O. The van der Waals surface area contributed by atoms with Crippen LogP contribution in [-0.2, 0) is 55.8 Å². The fourth-order valence-corrected chi connectivity index (χ4v) is 8.46. The summed E-state index contributed by atoms with van der Waals surface area (Å²) in [4.78, 5) is 40.3. The Morgan fingerprint density at radius 3 is 2.05 bits per heavy atom. The first kappa shape index (κ1) is 48.2. The average molecular weight is 919 g/mol. The number of aliphatic hydroxyl groups excluding tert-OH is 5. The third-order valence-electron chi connectivity index (χ3n) is 11.9. The zero-order valence-corrected chi connectivity index (χ0v) is 35.7. The topological polar surface area (TPSA) is 325 Å². The van der Waals surface area contributed by atoms with Crippen molar-refractivity contribution in [2.45, 2.75) is 138 Å². The molecule has 0 spiro atoms. The molecule has 0 aromatic heterocycles. The van der Waals surface area contributed by atoms with E-state index in [0.717, 1.165) is 0 Å². The van der Waals surface area contributed by atoms with Gasteiger partial charge in [-0.25, -0.2) is 14.4 Å². The summed E-state index contributed by atoms with van der Waals surface area (Å²) in [6, 6.07) is 15.8. The highest BCUT2D eigenvalue weighted by Gasteiger charge is 2.61. The molecule has 0 aliphatic carbocycles. The highest BCUT2D eigenvalue weighted by atomic mass is 16.8. The lowest BCUT2D eigenvalue weighted by Crippen LogP contribution is -2.69. The molecule has 2 aromatic carbocycles. The van der Waals surface area contributed by atoms with Crippen LogP contribution < -0.4 is 21.7 Å². The monoisotopic (exact) mass is 918 g/mol. The molecule has 9 unspecified atom stereocenters. The number of carbonyl (C=O) groups excluding carboxylic acids is 3. The van der Waals surface area contributed by atoms with Crippen molar-refractivity contribution in [3.05, 3.63) is 71.8 Å². The van der Waals surface area contributed by atoms with Gasteiger partial charge in [0, 0.05) is 19.4 Å². The molecule has 11 N–H and O–H groups in total. The number of likely N-dealkylation sites (N-methyl/N-ethyl adjacent to an activating group) is 1. The lowest BCUT2D eigenvalue weighted by Gasteiger charge is -2.51. The van der Waals surface area contributed by atoms with E-state index < -0.39 is 129 Å². The van der Waals surface area contributed by atoms with Crippen molar-refractivity contribution in [3.8, 4) is 0 Å². The lowest BCUT2D eigenvalue weighted by atomic mass is 9.87. The van der Waals surface area contributed by atoms with Gasteiger partial charge in [-0.15, -0.1) is 0 Å². The van der Waals surface area contributed by atoms with Gasteiger partial charge in [0.2, 0.25) is 0 Å². The van der Waals surface area contributed by atoms with E-state index in [2.05, 4.69) is 16.0 Å². The van der Waals surface area contributed by atoms with E-state index in [1.807, 2.05) is 0 Å². The maximum absolute atomic E-state index is 13.2. The predicted molar refractivity (Wildman–Crippen MR) is 220 cm³/mol. The molecule has 5 aliphatic rings. The molecule has 23 nitrogen and oxygen atoms in total. The van der Waals surface area contributed by atoms with Gasteiger partial charge in [-0.05, 0) is 30.5 Å². The van der Waals surface area contributed by atoms with E-state index in [4.69, 9.17) is 53.8 Å². The summed E-state index contributed by atoms with van der Waals surface area (Å²) >= 11 is 0. The minimum atomic E-state index is -1.81. The van der Waals surface area contributed by atoms with Gasteiger partial charge in [0.25, 0.3) is 0 Å². The van der Waals surface area contributed by atoms with Crippen LogP contribution in [0.3, 0.4) is 0 Å². The quantitative estimate of drug-likeness (QED) is 0.0420. The number of amidine groups is 1. The molecule has 358 valence electrons. The summed E-state index contributed by atoms with van der Waals surface area (Å²) in [6.07, 6.45) is -21.1. The van der Waals surface area contributed by atoms with E-state index in [-0.39, 0.29) is 25.5 Å². The summed E-state index contributed by atoms with van der Waals surface area (Å²) in [5.74, 6) is -0.554. The first-order valence-electron chi connectivity index (χ1n) is 21.4. The number of nitrogens with one attached hydrogen (secondary N) is 4. The minimum Gasteiger partial charge on any atom is -0.445 e. The van der Waals surface area contributed by atoms with Crippen LogP contribution >= 0.6 is 0 Å². The van der Waals surface area contributed by atoms with Gasteiger partial charge < -0.3 is 79.2 Å². The number of benzene rings is 2. The summed E-state index contributed by atoms with van der Waals surface area (Å²) in [6.45, 7) is 1.28. The Bertz CT molecular complexity index is 1910. The van der Waals surface area contributed by atoms with E-state index in [1.54, 1.807) is 67.6 Å². The zero-order valence-electron chi connectivity index (χ0n) is 35.7. The smallest absolute Gasteiger partial charge is 0.410 e. The lowest BCUT2D eigenvalue weighted by molar-refractivity contribution is -0.379. The highest BCUT2D eigenvalue weighted by molar-refractivity contribution is 5.76. The van der Waals surface area contributed by atoms with Crippen LogP contribution in [0.2, 0.25) is 0 Å². The number of ether oxygens (including phenoxy) is 9. The maximum Gasteiger partial charge on any atom is 0.410 e. The van der Waals surface area contributed by atoms with Crippen LogP contribution in [0.15, 0.2) is 60.7 Å². The van der Waals surface area contributed by atoms with Crippen molar-refractivity contribution in [2.24, 2.45) is 11.7 Å². The Morgan fingerprint density at radius 1 is 0.800 bits per heavy atom. The number of hydrogen-bond acceptors (Lipinski definition) is 19. The van der Waals surface area contributed by atoms with Crippen molar-refractivity contribution in [1.82, 2.24) is 20.9 Å². The summed E-state index contributed by atoms with van der Waals surface area (Å²) in [5, 5.41) is 70.5. The molecule has 17 atom stereocenters. The molecule has 0 radical (unpaired) electrons. The molecular weight excluding hydrogens is 860 g/mol. The van der Waals surface area contributed by atoms with Crippen LogP contribution in [0.5, 0.6) is 0 Å². The largest absolute Gasteiger partial charge is 0.445 e. The second kappa shape index (κ2) is 21.7. The summed E-state index contributed by atoms with van der Waals surface area (Å²) in [5.41, 5.74) is 6.81. The van der Waals surface area contributed by atoms with Gasteiger partial charge in [-0.2, -0.15) is 0 Å². The van der Waals surface area contributed by atoms with E-state index >= 15 is 0 Å². The third kappa shape index (κ3) is 11.4. The molecule has 65 heavy (non-hydrogen) atoms. The van der Waals surface area contributed by atoms with Crippen molar-refractivity contribution >= 4 is 24.1 Å². The molecule has 7 rings (SSSR count). The van der Waals surface area contributed by atoms with Gasteiger partial charge in [-0.1, -0.05) is 67.6 Å². The average Bonchev–Trinajstić information content (AvgIpc) is 3.60. The van der Waals surface area contributed by atoms with E-state index in [1.165, 1.54) is 11.9 Å². The van der Waals surface area contributed by atoms with Crippen LogP contribution in [0.1, 0.15) is 37.3 Å². The van der Waals surface area contributed by atoms with Gasteiger partial charge in [0.15, 0.2) is 37.4 Å². The van der Waals surface area contributed by atoms with Crippen molar-refractivity contribution < 1.29 is 82.5 Å². The van der Waals surface area contributed by atoms with Gasteiger partial charge in [-0.3, -0.25) is 20.9 Å². The van der Waals surface area contributed by atoms with Crippen molar-refractivity contribution in [2.75, 3.05) is 20.2 Å². The van der Waals surface area contributed by atoms with Crippen LogP contribution in [0.4, 0.5) is 14.4 Å². The third-order valence-corrected chi connectivity index (χ3v) is 11.9. The number of carbonyl (C=O) groups is 3. The number of hydrogen-bond donors (Lipinski definition) is 10. The Balaban J connectivity index is 1.03. The highest BCUT2D eigenvalue weighted by Crippen LogP contribution is 2.42. The second-order valence-corrected chi connectivity index (χ2v) is 16.6. The molecular formula is C42H58N6O17. The number of nitrogens with zero attached hydrogens (tertiary/aromatic N) is 1. The number of nitrogens with two attached hydrogens (primary N) is 1. The Labute approximate surface area is 373 Å². The molecule has 0 bridgehead atoms. The second-order valence-electron chi connectivity index (χ2n) is 16.6. The van der Waals surface area contributed by atoms with Crippen molar-refractivity contribution in [1.29, 1.82) is 5.41 Å². The molecule has 5 heterocycles. The fourth-order valence-electron chi connectivity index (χ4n) is 8.46. The molecule has 3 amide bonds. The predicted octanol–water partition coefficient (Wildman–Crippen LogP) is -0.946. The van der Waals surface area contributed by atoms with Gasteiger partial charge in [0.05, 0.1) is 24.6 Å². The molecule has 23 heteroatoms. The van der Waals surface area contributed by atoms with Crippen LogP contribution in [0.25, 0.3) is 0 Å². The van der Waals surface area contributed by atoms with Crippen molar-refractivity contribution in [3.63, 3.8) is 0 Å². The Hall–Kier alpha value is -4.76. The molecule has 5 fully saturated rings. The first-order valence-corrected chi connectivity index (χ1v) is 21.4. The summed E-state index contributed by atoms with van der Waals surface area (Å²) in [7, 11) is 1.45. The first-order chi connectivity index (χ1) is 31.2. The van der Waals surface area contributed by atoms with E-state index in [9.17, 15) is 39.9 Å². The molecule has 2 aromatic rings. The number of rotatable bonds is 16. The number of aliphatic hydroxyl groups is 5. The number of fused-ring (bicyclic) bond motifs is 3. The summed E-state index contributed by atoms with van der Waals surface area (Å²) < 4.78 is 53.6. The standard InChI is InChI=1S/C42H58N6O17/c1-20-16-23-32(33-27(48(2)42(56)63-33)38(59-23)65-39-31(53)28(50)26(24(17-49)60-39)45-15-9-14-25(43)44)61-37(20)62-34-29(51)30(52)35(46-40(54)57-18-21-10-5-3-6-11-21)64-36(34)47-41(55)58-19-22-12-7-4-8-13-22/h3-8,10-13,20,23-24,26-39,45,49-53H,9,14-19H2,1-2H3,(H3,43,44)(H,46,54)(H,47,55)/t20?,23-,24?,26+,27?,28-,29+,30?,31?,32?,33?,34-,35+,36?,37+,38?,39+/m0/s1. The zero-order chi connectivity index (χ0) is 46.4. The Morgan fingerprint density at radius 2 is 1.43 bits per heavy atom. The fraction of sp³-hybridized carbons (Fsp3) is 0.619. The molecule has 5 aliphatic heterocycles. The maximum atomic E-state index is 13.2. The number of amides is 3. The van der Waals surface area contributed by atoms with E-state index in [0.29, 0.717) is 30.5 Å². The van der Waals surface area contributed by atoms with Gasteiger partial charge >= 0.3 is 18.3 Å². The van der Waals surface area contributed by atoms with Gasteiger partial charge in [0.1, 0.15) is 62.0 Å². The molecule has 0 saturated carbocycles.